The van der Waals surface area contributed by atoms with E-state index in [1.165, 1.54) is 29.7 Å². The fourth-order valence-electron chi connectivity index (χ4n) is 5.90. The van der Waals surface area contributed by atoms with Gasteiger partial charge in [0, 0.05) is 98.0 Å². The Morgan fingerprint density at radius 2 is 1.04 bits per heavy atom. The summed E-state index contributed by atoms with van der Waals surface area (Å²) in [7, 11) is 0. The van der Waals surface area contributed by atoms with E-state index in [1.54, 1.807) is 14.7 Å². The Morgan fingerprint density at radius 3 is 1.39 bits per heavy atom. The Morgan fingerprint density at radius 1 is 0.674 bits per heavy atom. The minimum atomic E-state index is -1.03. The number of amides is 2. The molecule has 0 spiro atoms. The molecule has 46 heavy (non-hydrogen) atoms. The van der Waals surface area contributed by atoms with Gasteiger partial charge in [-0.3, -0.25) is 43.6 Å². The van der Waals surface area contributed by atoms with Crippen molar-refractivity contribution in [3.8, 4) is 0 Å². The molecule has 2 aliphatic rings. The molecule has 1 saturated heterocycles. The van der Waals surface area contributed by atoms with E-state index in [2.05, 4.69) is 0 Å². The quantitative estimate of drug-likeness (QED) is 0.159. The van der Waals surface area contributed by atoms with Crippen LogP contribution in [0.3, 0.4) is 0 Å². The Kier molecular flexibility index (Phi) is 20.8. The van der Waals surface area contributed by atoms with Crippen molar-refractivity contribution in [1.82, 2.24) is 19.6 Å². The van der Waals surface area contributed by atoms with Crippen LogP contribution in [-0.2, 0) is 24.0 Å². The molecule has 0 atom stereocenters. The van der Waals surface area contributed by atoms with Crippen molar-refractivity contribution in [2.45, 2.75) is 38.0 Å². The summed E-state index contributed by atoms with van der Waals surface area (Å²) < 4.78 is 0. The molecule has 0 aromatic heterocycles. The molecule has 5 N–H and O–H groups in total. The van der Waals surface area contributed by atoms with Crippen LogP contribution in [-0.4, -0.2) is 150 Å². The maximum atomic E-state index is 13.7. The summed E-state index contributed by atoms with van der Waals surface area (Å²) >= 11 is 0. The van der Waals surface area contributed by atoms with Crippen molar-refractivity contribution >= 4 is 35.4 Å². The van der Waals surface area contributed by atoms with Gasteiger partial charge in [-0.05, 0) is 36.5 Å². The van der Waals surface area contributed by atoms with Crippen LogP contribution in [0.25, 0.3) is 0 Å². The van der Waals surface area contributed by atoms with Crippen molar-refractivity contribution < 1.29 is 110 Å². The summed E-state index contributed by atoms with van der Waals surface area (Å²) in [5.74, 6) is -3.61. The van der Waals surface area contributed by atoms with Crippen molar-refractivity contribution in [2.75, 3.05) is 90.0 Å². The molecule has 0 bridgehead atoms. The minimum absolute atomic E-state index is 0. The van der Waals surface area contributed by atoms with Crippen molar-refractivity contribution in [2.24, 2.45) is 5.73 Å². The van der Waals surface area contributed by atoms with Gasteiger partial charge in [0.2, 0.25) is 11.8 Å². The number of aliphatic carboxylic acids is 3. The number of carbonyl (C=O) groups excluding carboxylic acids is 2. The van der Waals surface area contributed by atoms with E-state index >= 15 is 0 Å². The second kappa shape index (κ2) is 22.4. The number of carboxylic acids is 3. The molecule has 1 aromatic rings. The Bertz CT molecular complexity index is 1120. The van der Waals surface area contributed by atoms with E-state index in [4.69, 9.17) is 5.73 Å². The minimum Gasteiger partial charge on any atom is -1.00 e. The first kappa shape index (κ1) is 42.8. The van der Waals surface area contributed by atoms with Crippen LogP contribution in [0.1, 0.15) is 45.0 Å². The molecule has 2 fully saturated rings. The van der Waals surface area contributed by atoms with Crippen LogP contribution in [0.4, 0.5) is 5.69 Å². The number of carboxylic acid groups (broad SMARTS) is 3. The summed E-state index contributed by atoms with van der Waals surface area (Å²) in [4.78, 5) is 68.4. The Labute approximate surface area is 326 Å². The molecule has 1 aromatic carbocycles. The zero-order chi connectivity index (χ0) is 32.1. The van der Waals surface area contributed by atoms with E-state index in [0.29, 0.717) is 24.7 Å². The first-order valence-electron chi connectivity index (χ1n) is 15.2. The first-order valence-corrected chi connectivity index (χ1v) is 15.2. The smallest absolute Gasteiger partial charge is 1.00 e. The number of carbonyl (C=O) groups is 5. The summed E-state index contributed by atoms with van der Waals surface area (Å²) in [5, 5.41) is 28.2. The molecular weight excluding hydrogens is 753 g/mol. The van der Waals surface area contributed by atoms with Crippen LogP contribution >= 0.6 is 0 Å². The average Bonchev–Trinajstić information content (AvgIpc) is 2.97. The molecule has 1 aliphatic heterocycles. The van der Waals surface area contributed by atoms with Crippen LogP contribution in [0.5, 0.6) is 0 Å². The summed E-state index contributed by atoms with van der Waals surface area (Å²) in [6.07, 6.45) is 5.91. The van der Waals surface area contributed by atoms with Gasteiger partial charge in [-0.1, -0.05) is 31.4 Å². The Balaban J connectivity index is 0.00000705. The van der Waals surface area contributed by atoms with Crippen LogP contribution in [0.15, 0.2) is 24.3 Å². The van der Waals surface area contributed by atoms with Gasteiger partial charge in [0.25, 0.3) is 0 Å². The second-order valence-corrected chi connectivity index (χ2v) is 11.7. The third kappa shape index (κ3) is 15.8. The molecule has 1 aliphatic carbocycles. The molecule has 3 rings (SSSR count). The number of hydrogen-bond donors (Lipinski definition) is 4. The zero-order valence-electron chi connectivity index (χ0n) is 27.7. The molecule has 1 saturated carbocycles. The molecular formula is C30H47GdN6NaO8. The number of hydrogen-bond acceptors (Lipinski definition) is 9. The number of rotatable bonds is 12. The zero-order valence-corrected chi connectivity index (χ0v) is 30.9. The van der Waals surface area contributed by atoms with Gasteiger partial charge in [-0.15, -0.1) is 0 Å². The van der Waals surface area contributed by atoms with E-state index in [-0.39, 0.29) is 149 Å². The molecule has 0 unspecified atom stereocenters. The van der Waals surface area contributed by atoms with Crippen molar-refractivity contribution in [1.29, 1.82) is 0 Å². The molecule has 254 valence electrons. The van der Waals surface area contributed by atoms with Gasteiger partial charge in [-0.25, -0.2) is 0 Å². The molecule has 0 radical (unpaired) electrons. The predicted octanol–water partition coefficient (Wildman–Crippen LogP) is -2.86. The van der Waals surface area contributed by atoms with Gasteiger partial charge in [0.05, 0.1) is 26.2 Å². The van der Waals surface area contributed by atoms with Crippen LogP contribution in [0, 0.1) is 39.9 Å². The largest absolute Gasteiger partial charge is 1.00 e. The topological polar surface area (TPSA) is 188 Å². The fraction of sp³-hybridized carbons (Fsp3) is 0.633. The number of nitrogens with two attached hydrogens (primary N) is 1. The SMILES string of the molecule is NC(=O)CN(C(=O)CN1CCN(CC(=O)O)CCN(CC(=O)O)CCN(CC(=O)O)CC1)c1ccc(C2CCCCC2)cc1.[Gd].[H-].[Na+]. The maximum Gasteiger partial charge on any atom is 1.00 e. The van der Waals surface area contributed by atoms with Crippen molar-refractivity contribution in [3.05, 3.63) is 29.8 Å². The third-order valence-electron chi connectivity index (χ3n) is 8.26. The first-order chi connectivity index (χ1) is 21.0. The average molecular weight is 800 g/mol. The summed E-state index contributed by atoms with van der Waals surface area (Å²) in [5.41, 5.74) is 7.29. The van der Waals surface area contributed by atoms with Crippen LogP contribution < -0.4 is 40.2 Å². The monoisotopic (exact) mass is 800 g/mol. The Hall–Kier alpha value is -1.27. The predicted molar refractivity (Wildman–Crippen MR) is 164 cm³/mol. The summed E-state index contributed by atoms with van der Waals surface area (Å²) in [6, 6.07) is 7.69. The normalized spacial score (nSPS) is 18.2. The van der Waals surface area contributed by atoms with E-state index in [9.17, 15) is 39.3 Å². The fourth-order valence-corrected chi connectivity index (χ4v) is 5.90. The van der Waals surface area contributed by atoms with Gasteiger partial charge >= 0.3 is 47.5 Å². The van der Waals surface area contributed by atoms with Gasteiger partial charge < -0.3 is 27.4 Å². The number of primary amides is 1. The molecule has 2 amide bonds. The van der Waals surface area contributed by atoms with E-state index in [0.717, 1.165) is 12.8 Å². The van der Waals surface area contributed by atoms with E-state index < -0.39 is 23.8 Å². The standard InChI is InChI=1S/C30H46N6O8.Gd.Na.H/c31-26(37)18-36(25-8-6-24(7-9-25)23-4-2-1-3-5-23)27(38)19-32-10-12-33(20-28(39)40)14-16-35(22-30(43)44)17-15-34(13-11-32)21-29(41)42;;;/h6-9,23H,1-5,10-22H2,(H2,31,37)(H,39,40)(H,41,42)(H,43,44);;;/q;;+1;-1. The maximum absolute atomic E-state index is 13.7. The van der Waals surface area contributed by atoms with Gasteiger partial charge in [0.15, 0.2) is 0 Å². The molecule has 1 heterocycles. The van der Waals surface area contributed by atoms with Gasteiger partial charge in [-0.2, -0.15) is 0 Å². The number of nitrogens with zero attached hydrogens (tertiary/aromatic N) is 5. The van der Waals surface area contributed by atoms with E-state index in [1.807, 2.05) is 29.2 Å². The molecule has 14 nitrogen and oxygen atoms in total. The number of anilines is 1. The van der Waals surface area contributed by atoms with Crippen molar-refractivity contribution in [3.63, 3.8) is 0 Å². The summed E-state index contributed by atoms with van der Waals surface area (Å²) in [6.45, 7) is 1.12. The molecule has 16 heteroatoms. The number of benzene rings is 1. The second-order valence-electron chi connectivity index (χ2n) is 11.7. The third-order valence-corrected chi connectivity index (χ3v) is 8.26. The van der Waals surface area contributed by atoms with Gasteiger partial charge in [0.1, 0.15) is 6.54 Å². The van der Waals surface area contributed by atoms with Crippen LogP contribution in [0.2, 0.25) is 0 Å².